The van der Waals surface area contributed by atoms with Gasteiger partial charge in [-0.2, -0.15) is 0 Å². The summed E-state index contributed by atoms with van der Waals surface area (Å²) in [7, 11) is 0. The van der Waals surface area contributed by atoms with Crippen LogP contribution in [-0.2, 0) is 9.47 Å². The van der Waals surface area contributed by atoms with E-state index in [1.807, 2.05) is 0 Å². The molecule has 6 heteroatoms. The lowest BCUT2D eigenvalue weighted by atomic mass is 9.98. The summed E-state index contributed by atoms with van der Waals surface area (Å²) in [5, 5.41) is 6.77. The Morgan fingerprint density at radius 3 is 2.62 bits per heavy atom. The third-order valence-corrected chi connectivity index (χ3v) is 5.24. The van der Waals surface area contributed by atoms with Crippen molar-refractivity contribution < 1.29 is 9.47 Å². The highest BCUT2D eigenvalue weighted by Gasteiger charge is 2.29. The van der Waals surface area contributed by atoms with Crippen LogP contribution in [0.1, 0.15) is 78.1 Å². The number of unbranched alkanes of at least 4 members (excludes halogenated alkanes) is 2. The molecule has 2 rings (SSSR count). The number of halogens is 1. The Hall–Kier alpha value is -0.0800. The second-order valence-electron chi connectivity index (χ2n) is 7.72. The first-order valence-electron chi connectivity index (χ1n) is 10.5. The first kappa shape index (κ1) is 24.0. The first-order valence-corrected chi connectivity index (χ1v) is 10.5. The average Bonchev–Trinajstić information content (AvgIpc) is 3.06. The molecule has 0 aromatic rings. The summed E-state index contributed by atoms with van der Waals surface area (Å²) < 4.78 is 11.8. The van der Waals surface area contributed by atoms with Crippen LogP contribution in [0.15, 0.2) is 4.99 Å². The molecular formula is C20H40IN3O2. The van der Waals surface area contributed by atoms with E-state index in [1.54, 1.807) is 0 Å². The molecule has 2 fully saturated rings. The van der Waals surface area contributed by atoms with Gasteiger partial charge in [-0.05, 0) is 58.8 Å². The van der Waals surface area contributed by atoms with E-state index in [1.165, 1.54) is 38.5 Å². The van der Waals surface area contributed by atoms with Gasteiger partial charge >= 0.3 is 0 Å². The van der Waals surface area contributed by atoms with Crippen molar-refractivity contribution in [3.05, 3.63) is 0 Å². The fraction of sp³-hybridized carbons (Fsp3) is 0.950. The van der Waals surface area contributed by atoms with Crippen molar-refractivity contribution in [1.82, 2.24) is 10.6 Å². The van der Waals surface area contributed by atoms with E-state index in [2.05, 4.69) is 24.5 Å². The summed E-state index contributed by atoms with van der Waals surface area (Å²) >= 11 is 0. The fourth-order valence-electron chi connectivity index (χ4n) is 3.64. The summed E-state index contributed by atoms with van der Waals surface area (Å²) in [5.41, 5.74) is -0.0706. The molecule has 0 amide bonds. The van der Waals surface area contributed by atoms with Crippen LogP contribution in [0, 0.1) is 0 Å². The summed E-state index contributed by atoms with van der Waals surface area (Å²) in [6, 6.07) is 0. The van der Waals surface area contributed by atoms with Crippen LogP contribution in [0.2, 0.25) is 0 Å². The normalized spacial score (nSPS) is 24.3. The molecule has 0 radical (unpaired) electrons. The van der Waals surface area contributed by atoms with Crippen LogP contribution < -0.4 is 10.6 Å². The quantitative estimate of drug-likeness (QED) is 0.212. The minimum Gasteiger partial charge on any atom is -0.378 e. The number of hydrogen-bond acceptors (Lipinski definition) is 3. The van der Waals surface area contributed by atoms with Crippen LogP contribution in [-0.4, -0.2) is 50.5 Å². The summed E-state index contributed by atoms with van der Waals surface area (Å²) in [5.74, 6) is 0.915. The molecule has 1 aliphatic heterocycles. The summed E-state index contributed by atoms with van der Waals surface area (Å²) in [4.78, 5) is 4.71. The fourth-order valence-corrected chi connectivity index (χ4v) is 3.64. The number of aliphatic imine (C=N–C) groups is 1. The van der Waals surface area contributed by atoms with Gasteiger partial charge in [0.05, 0.1) is 18.2 Å². The van der Waals surface area contributed by atoms with Crippen LogP contribution in [0.4, 0.5) is 0 Å². The maximum Gasteiger partial charge on any atom is 0.191 e. The van der Waals surface area contributed by atoms with Crippen molar-refractivity contribution in [3.63, 3.8) is 0 Å². The minimum atomic E-state index is -0.0706. The Labute approximate surface area is 177 Å². The molecule has 0 bridgehead atoms. The Kier molecular flexibility index (Phi) is 12.9. The standard InChI is InChI=1S/C20H39N3O2.HI/c1-3-21-19(23-17-20(2)13-10-16-25-20)22-14-8-5-9-15-24-18-11-6-4-7-12-18;/h18H,3-17H2,1-2H3,(H2,21,22,23);1H. The molecule has 154 valence electrons. The third-order valence-electron chi connectivity index (χ3n) is 5.24. The maximum atomic E-state index is 5.99. The largest absolute Gasteiger partial charge is 0.378 e. The van der Waals surface area contributed by atoms with Gasteiger partial charge in [0.15, 0.2) is 5.96 Å². The van der Waals surface area contributed by atoms with Gasteiger partial charge in [-0.1, -0.05) is 19.3 Å². The lowest BCUT2D eigenvalue weighted by molar-refractivity contribution is 0.0263. The van der Waals surface area contributed by atoms with E-state index < -0.39 is 0 Å². The highest BCUT2D eigenvalue weighted by molar-refractivity contribution is 14.0. The predicted octanol–water partition coefficient (Wildman–Crippen LogP) is 4.25. The lowest BCUT2D eigenvalue weighted by Gasteiger charge is -2.22. The van der Waals surface area contributed by atoms with E-state index in [0.29, 0.717) is 6.10 Å². The zero-order valence-corrected chi connectivity index (χ0v) is 19.2. The molecular weight excluding hydrogens is 441 g/mol. The highest BCUT2D eigenvalue weighted by atomic mass is 127. The molecule has 5 nitrogen and oxygen atoms in total. The number of nitrogens with one attached hydrogen (secondary N) is 2. The zero-order valence-electron chi connectivity index (χ0n) is 16.9. The topological polar surface area (TPSA) is 54.9 Å². The molecule has 26 heavy (non-hydrogen) atoms. The molecule has 1 heterocycles. The SMILES string of the molecule is CCNC(=NCC1(C)CCCO1)NCCCCCOC1CCCCC1.I. The van der Waals surface area contributed by atoms with Gasteiger partial charge in [-0.15, -0.1) is 24.0 Å². The van der Waals surface area contributed by atoms with E-state index in [4.69, 9.17) is 14.5 Å². The van der Waals surface area contributed by atoms with Gasteiger partial charge in [-0.25, -0.2) is 0 Å². The van der Waals surface area contributed by atoms with E-state index in [9.17, 15) is 0 Å². The average molecular weight is 481 g/mol. The van der Waals surface area contributed by atoms with E-state index in [0.717, 1.165) is 64.5 Å². The van der Waals surface area contributed by atoms with Gasteiger partial charge in [0.1, 0.15) is 0 Å². The van der Waals surface area contributed by atoms with Gasteiger partial charge in [0.25, 0.3) is 0 Å². The number of guanidine groups is 1. The second kappa shape index (κ2) is 14.0. The molecule has 2 aliphatic rings. The molecule has 2 N–H and O–H groups in total. The van der Waals surface area contributed by atoms with Gasteiger partial charge in [0.2, 0.25) is 0 Å². The first-order chi connectivity index (χ1) is 12.2. The molecule has 0 aromatic heterocycles. The van der Waals surface area contributed by atoms with Crippen LogP contribution in [0.25, 0.3) is 0 Å². The van der Waals surface area contributed by atoms with Crippen molar-refractivity contribution in [2.45, 2.75) is 89.8 Å². The van der Waals surface area contributed by atoms with Crippen molar-refractivity contribution in [2.24, 2.45) is 4.99 Å². The Balaban J connectivity index is 0.00000338. The Bertz CT molecular complexity index is 381. The molecule has 1 aliphatic carbocycles. The summed E-state index contributed by atoms with van der Waals surface area (Å²) in [6.45, 7) is 8.66. The molecule has 1 atom stereocenters. The third kappa shape index (κ3) is 9.74. The molecule has 0 spiro atoms. The highest BCUT2D eigenvalue weighted by Crippen LogP contribution is 2.25. The van der Waals surface area contributed by atoms with Gasteiger partial charge in [-0.3, -0.25) is 4.99 Å². The van der Waals surface area contributed by atoms with Crippen molar-refractivity contribution in [3.8, 4) is 0 Å². The minimum absolute atomic E-state index is 0. The Morgan fingerprint density at radius 1 is 1.12 bits per heavy atom. The van der Waals surface area contributed by atoms with E-state index >= 15 is 0 Å². The lowest BCUT2D eigenvalue weighted by Crippen LogP contribution is -2.39. The monoisotopic (exact) mass is 481 g/mol. The number of nitrogens with zero attached hydrogens (tertiary/aromatic N) is 1. The molecule has 1 saturated carbocycles. The molecule has 1 unspecified atom stereocenters. The zero-order chi connectivity index (χ0) is 17.8. The van der Waals surface area contributed by atoms with Crippen LogP contribution in [0.3, 0.4) is 0 Å². The van der Waals surface area contributed by atoms with Crippen molar-refractivity contribution in [1.29, 1.82) is 0 Å². The van der Waals surface area contributed by atoms with Crippen LogP contribution in [0.5, 0.6) is 0 Å². The molecule has 0 aromatic carbocycles. The predicted molar refractivity (Wildman–Crippen MR) is 120 cm³/mol. The van der Waals surface area contributed by atoms with Crippen molar-refractivity contribution >= 4 is 29.9 Å². The maximum absolute atomic E-state index is 5.99. The summed E-state index contributed by atoms with van der Waals surface area (Å²) in [6.07, 6.45) is 13.0. The number of rotatable bonds is 10. The number of ether oxygens (including phenoxy) is 2. The van der Waals surface area contributed by atoms with E-state index in [-0.39, 0.29) is 29.6 Å². The number of hydrogen-bond donors (Lipinski definition) is 2. The Morgan fingerprint density at radius 2 is 1.92 bits per heavy atom. The smallest absolute Gasteiger partial charge is 0.191 e. The van der Waals surface area contributed by atoms with Gasteiger partial charge < -0.3 is 20.1 Å². The van der Waals surface area contributed by atoms with Crippen molar-refractivity contribution in [2.75, 3.05) is 32.8 Å². The second-order valence-corrected chi connectivity index (χ2v) is 7.72. The van der Waals surface area contributed by atoms with Crippen LogP contribution >= 0.6 is 24.0 Å². The molecule has 1 saturated heterocycles. The van der Waals surface area contributed by atoms with Gasteiger partial charge in [0, 0.05) is 26.3 Å².